The van der Waals surface area contributed by atoms with E-state index in [-0.39, 0.29) is 31.3 Å². The van der Waals surface area contributed by atoms with Crippen LogP contribution in [-0.2, 0) is 16.0 Å². The van der Waals surface area contributed by atoms with Crippen molar-refractivity contribution in [3.05, 3.63) is 131 Å². The van der Waals surface area contributed by atoms with E-state index in [0.717, 1.165) is 11.1 Å². The summed E-state index contributed by atoms with van der Waals surface area (Å²) >= 11 is 0. The lowest BCUT2D eigenvalue weighted by molar-refractivity contribution is -0.139. The zero-order valence-electron chi connectivity index (χ0n) is 20.6. The molecule has 2 aliphatic heterocycles. The predicted octanol–water partition coefficient (Wildman–Crippen LogP) is 5.76. The second-order valence-electron chi connectivity index (χ2n) is 9.42. The molecule has 0 N–H and O–H groups in total. The molecule has 188 valence electrons. The number of nitrogens with zero attached hydrogens (tertiary/aromatic N) is 1. The van der Waals surface area contributed by atoms with Crippen LogP contribution in [0.15, 0.2) is 114 Å². The lowest BCUT2D eigenvalue weighted by Gasteiger charge is -2.32. The maximum absolute atomic E-state index is 13.9. The van der Waals surface area contributed by atoms with Crippen LogP contribution in [0, 0.1) is 0 Å². The van der Waals surface area contributed by atoms with Gasteiger partial charge in [0, 0.05) is 29.9 Å². The van der Waals surface area contributed by atoms with Gasteiger partial charge in [0.25, 0.3) is 0 Å². The van der Waals surface area contributed by atoms with Gasteiger partial charge in [0.2, 0.25) is 12.7 Å². The maximum Gasteiger partial charge on any atom is 0.341 e. The van der Waals surface area contributed by atoms with Crippen molar-refractivity contribution in [1.82, 2.24) is 0 Å². The number of carbonyl (C=O) groups is 2. The van der Waals surface area contributed by atoms with Crippen LogP contribution in [0.3, 0.4) is 0 Å². The van der Waals surface area contributed by atoms with Gasteiger partial charge in [0.05, 0.1) is 0 Å². The van der Waals surface area contributed by atoms with E-state index in [2.05, 4.69) is 0 Å². The van der Waals surface area contributed by atoms with Gasteiger partial charge in [-0.15, -0.1) is 0 Å². The molecule has 38 heavy (non-hydrogen) atoms. The fourth-order valence-electron chi connectivity index (χ4n) is 5.11. The van der Waals surface area contributed by atoms with Crippen molar-refractivity contribution in [2.75, 3.05) is 6.79 Å². The van der Waals surface area contributed by atoms with Crippen LogP contribution in [0.1, 0.15) is 39.4 Å². The Labute approximate surface area is 220 Å². The summed E-state index contributed by atoms with van der Waals surface area (Å²) < 4.78 is 17.0. The summed E-state index contributed by atoms with van der Waals surface area (Å²) in [5, 5.41) is 0. The SMILES string of the molecule is O=C(C[C@H](c1ccc2c(c1)OCO2)[C@@]1(Cc2ccccc2)N=C(c2ccccc2)OC1=O)c1ccccc1. The number of carbonyl (C=O) groups excluding carboxylic acids is 2. The highest BCUT2D eigenvalue weighted by Crippen LogP contribution is 2.45. The quantitative estimate of drug-likeness (QED) is 0.226. The number of ether oxygens (including phenoxy) is 3. The van der Waals surface area contributed by atoms with Crippen LogP contribution >= 0.6 is 0 Å². The van der Waals surface area contributed by atoms with Gasteiger partial charge in [-0.25, -0.2) is 9.79 Å². The van der Waals surface area contributed by atoms with Crippen molar-refractivity contribution in [3.8, 4) is 11.5 Å². The van der Waals surface area contributed by atoms with Crippen molar-refractivity contribution in [1.29, 1.82) is 0 Å². The first-order valence-electron chi connectivity index (χ1n) is 12.5. The van der Waals surface area contributed by atoms with E-state index in [9.17, 15) is 9.59 Å². The molecule has 4 aromatic rings. The number of Topliss-reactive ketones (excluding diaryl/α,β-unsaturated/α-hetero) is 1. The smallest absolute Gasteiger partial charge is 0.341 e. The topological polar surface area (TPSA) is 74.2 Å². The number of rotatable bonds is 8. The third kappa shape index (κ3) is 4.45. The first kappa shape index (κ1) is 23.7. The third-order valence-corrected chi connectivity index (χ3v) is 7.04. The van der Waals surface area contributed by atoms with Crippen LogP contribution in [0.4, 0.5) is 0 Å². The molecule has 6 rings (SSSR count). The molecule has 4 aromatic carbocycles. The van der Waals surface area contributed by atoms with Gasteiger partial charge >= 0.3 is 5.97 Å². The van der Waals surface area contributed by atoms with Crippen molar-refractivity contribution in [3.63, 3.8) is 0 Å². The van der Waals surface area contributed by atoms with Crippen LogP contribution in [0.2, 0.25) is 0 Å². The maximum atomic E-state index is 13.9. The molecule has 0 amide bonds. The molecule has 0 saturated heterocycles. The molecule has 0 spiro atoms. The number of hydrogen-bond acceptors (Lipinski definition) is 6. The van der Waals surface area contributed by atoms with Gasteiger partial charge in [0.1, 0.15) is 0 Å². The number of ketones is 1. The molecular formula is C32H25NO5. The Morgan fingerprint density at radius 2 is 1.47 bits per heavy atom. The Hall–Kier alpha value is -4.71. The van der Waals surface area contributed by atoms with E-state index in [1.165, 1.54) is 0 Å². The van der Waals surface area contributed by atoms with Crippen LogP contribution in [0.25, 0.3) is 0 Å². The summed E-state index contributed by atoms with van der Waals surface area (Å²) in [6.45, 7) is 0.125. The Morgan fingerprint density at radius 3 is 2.21 bits per heavy atom. The Balaban J connectivity index is 1.51. The number of cyclic esters (lactones) is 1. The predicted molar refractivity (Wildman–Crippen MR) is 143 cm³/mol. The molecule has 0 radical (unpaired) electrons. The molecule has 2 heterocycles. The number of benzene rings is 4. The van der Waals surface area contributed by atoms with E-state index in [1.54, 1.807) is 12.1 Å². The van der Waals surface area contributed by atoms with E-state index >= 15 is 0 Å². The van der Waals surface area contributed by atoms with Crippen LogP contribution in [-0.4, -0.2) is 30.0 Å². The third-order valence-electron chi connectivity index (χ3n) is 7.04. The molecule has 2 atom stereocenters. The average Bonchev–Trinajstić information content (AvgIpc) is 3.57. The molecule has 0 aliphatic carbocycles. The van der Waals surface area contributed by atoms with Crippen molar-refractivity contribution in [2.45, 2.75) is 24.3 Å². The molecule has 0 bridgehead atoms. The van der Waals surface area contributed by atoms with E-state index in [4.69, 9.17) is 19.2 Å². The van der Waals surface area contributed by atoms with Crippen molar-refractivity contribution < 1.29 is 23.8 Å². The number of hydrogen-bond donors (Lipinski definition) is 0. The van der Waals surface area contributed by atoms with E-state index in [0.29, 0.717) is 22.6 Å². The number of esters is 1. The standard InChI is InChI=1S/C32H25NO5/c34-27(23-12-6-2-7-13-23)19-26(25-16-17-28-29(18-25)37-21-36-28)32(20-22-10-4-1-5-11-22)31(35)38-30(33-32)24-14-8-3-9-15-24/h1-18,26H,19-21H2/t26-,32-/m1/s1. The summed E-state index contributed by atoms with van der Waals surface area (Å²) in [5.41, 5.74) is 1.58. The second-order valence-corrected chi connectivity index (χ2v) is 9.42. The first-order chi connectivity index (χ1) is 18.6. The minimum Gasteiger partial charge on any atom is -0.454 e. The van der Waals surface area contributed by atoms with Crippen LogP contribution in [0.5, 0.6) is 11.5 Å². The van der Waals surface area contributed by atoms with E-state index < -0.39 is 17.4 Å². The fourth-order valence-corrected chi connectivity index (χ4v) is 5.11. The summed E-state index contributed by atoms with van der Waals surface area (Å²) in [5.74, 6) is 0.262. The first-order valence-corrected chi connectivity index (χ1v) is 12.5. The monoisotopic (exact) mass is 503 g/mol. The van der Waals surface area contributed by atoms with Gasteiger partial charge < -0.3 is 14.2 Å². The van der Waals surface area contributed by atoms with E-state index in [1.807, 2.05) is 97.1 Å². The minimum atomic E-state index is -1.37. The molecule has 6 nitrogen and oxygen atoms in total. The van der Waals surface area contributed by atoms with Crippen molar-refractivity contribution in [2.24, 2.45) is 4.99 Å². The lowest BCUT2D eigenvalue weighted by atomic mass is 9.73. The highest BCUT2D eigenvalue weighted by Gasteiger charge is 2.53. The Bertz CT molecular complexity index is 1500. The Kier molecular flexibility index (Phi) is 6.22. The lowest BCUT2D eigenvalue weighted by Crippen LogP contribution is -2.43. The summed E-state index contributed by atoms with van der Waals surface area (Å²) in [7, 11) is 0. The molecular weight excluding hydrogens is 478 g/mol. The molecule has 0 unspecified atom stereocenters. The largest absolute Gasteiger partial charge is 0.454 e. The van der Waals surface area contributed by atoms with Gasteiger partial charge in [-0.3, -0.25) is 4.79 Å². The van der Waals surface area contributed by atoms with Crippen LogP contribution < -0.4 is 9.47 Å². The minimum absolute atomic E-state index is 0.0527. The molecule has 6 heteroatoms. The summed E-state index contributed by atoms with van der Waals surface area (Å²) in [6.07, 6.45) is 0.321. The van der Waals surface area contributed by atoms with Crippen molar-refractivity contribution >= 4 is 17.7 Å². The molecule has 0 saturated carbocycles. The van der Waals surface area contributed by atoms with Gasteiger partial charge in [-0.1, -0.05) is 84.9 Å². The highest BCUT2D eigenvalue weighted by atomic mass is 16.7. The van der Waals surface area contributed by atoms with Gasteiger partial charge in [-0.2, -0.15) is 0 Å². The summed E-state index contributed by atoms with van der Waals surface area (Å²) in [6, 6.07) is 33.7. The van der Waals surface area contributed by atoms with Gasteiger partial charge in [0.15, 0.2) is 22.8 Å². The second kappa shape index (κ2) is 9.98. The molecule has 2 aliphatic rings. The summed E-state index contributed by atoms with van der Waals surface area (Å²) in [4.78, 5) is 32.6. The molecule has 0 aromatic heterocycles. The normalized spacial score (nSPS) is 18.5. The average molecular weight is 504 g/mol. The zero-order valence-corrected chi connectivity index (χ0v) is 20.6. The Morgan fingerprint density at radius 1 is 0.816 bits per heavy atom. The number of aliphatic imine (C=N–C) groups is 1. The fraction of sp³-hybridized carbons (Fsp3) is 0.156. The molecule has 0 fully saturated rings. The zero-order chi connectivity index (χ0) is 26.0. The highest BCUT2D eigenvalue weighted by molar-refractivity contribution is 6.09. The number of fused-ring (bicyclic) bond motifs is 1. The van der Waals surface area contributed by atoms with Gasteiger partial charge in [-0.05, 0) is 35.4 Å².